The van der Waals surface area contributed by atoms with E-state index in [0.717, 1.165) is 17.3 Å². The van der Waals surface area contributed by atoms with Crippen LogP contribution >= 0.6 is 28.6 Å². The van der Waals surface area contributed by atoms with E-state index < -0.39 is 0 Å². The highest BCUT2D eigenvalue weighted by Crippen LogP contribution is 2.19. The zero-order valence-corrected chi connectivity index (χ0v) is 13.5. The van der Waals surface area contributed by atoms with E-state index >= 15 is 0 Å². The van der Waals surface area contributed by atoms with Gasteiger partial charge in [0, 0.05) is 15.9 Å². The predicted octanol–water partition coefficient (Wildman–Crippen LogP) is 4.10. The first-order valence-corrected chi connectivity index (χ1v) is 7.71. The van der Waals surface area contributed by atoms with E-state index in [2.05, 4.69) is 46.0 Å². The number of hydrogen-bond donors (Lipinski definition) is 2. The van der Waals surface area contributed by atoms with Gasteiger partial charge in [-0.2, -0.15) is 0 Å². The van der Waals surface area contributed by atoms with Gasteiger partial charge in [0.2, 0.25) is 0 Å². The number of carbonyl (C=O) groups excluding carboxylic acids is 1. The highest BCUT2D eigenvalue weighted by atomic mass is 79.9. The van der Waals surface area contributed by atoms with Gasteiger partial charge in [0.15, 0.2) is 0 Å². The lowest BCUT2D eigenvalue weighted by atomic mass is 10.1. The average molecular weight is 350 g/mol. The fraction of sp³-hybridized carbons (Fsp3) is 0.188. The molecule has 0 aromatic heterocycles. The fourth-order valence-electron chi connectivity index (χ4n) is 1.93. The molecule has 1 amide bonds. The van der Waals surface area contributed by atoms with Crippen molar-refractivity contribution in [1.29, 1.82) is 0 Å². The average Bonchev–Trinajstić information content (AvgIpc) is 2.44. The Morgan fingerprint density at radius 2 is 1.90 bits per heavy atom. The summed E-state index contributed by atoms with van der Waals surface area (Å²) in [4.78, 5) is 12.7. The third kappa shape index (κ3) is 4.39. The quantitative estimate of drug-likeness (QED) is 0.617. The molecular formula is C16H16BrNOS. The first kappa shape index (κ1) is 15.1. The number of nitrogens with one attached hydrogen (secondary N) is 1. The Kier molecular flexibility index (Phi) is 5.68. The Hall–Kier alpha value is -1.26. The van der Waals surface area contributed by atoms with E-state index in [4.69, 9.17) is 0 Å². The van der Waals surface area contributed by atoms with E-state index in [0.29, 0.717) is 17.0 Å². The largest absolute Gasteiger partial charge is 0.352 e. The molecular weight excluding hydrogens is 334 g/mol. The minimum absolute atomic E-state index is 0.0736. The standard InChI is InChI=1S/C16H16BrNOS/c17-13-8-9-14(15(20)11-13)16(19)18-10-4-7-12-5-2-1-3-6-12/h1-3,5-6,8-9,11,20H,4,7,10H2,(H,18,19). The van der Waals surface area contributed by atoms with Crippen molar-refractivity contribution in [2.45, 2.75) is 17.7 Å². The smallest absolute Gasteiger partial charge is 0.252 e. The lowest BCUT2D eigenvalue weighted by Gasteiger charge is -2.07. The van der Waals surface area contributed by atoms with Crippen LogP contribution in [0.1, 0.15) is 22.3 Å². The Bertz CT molecular complexity index is 586. The first-order valence-electron chi connectivity index (χ1n) is 6.47. The lowest BCUT2D eigenvalue weighted by Crippen LogP contribution is -2.25. The minimum Gasteiger partial charge on any atom is -0.352 e. The molecule has 0 aliphatic carbocycles. The second-order valence-corrected chi connectivity index (χ2v) is 5.90. The zero-order chi connectivity index (χ0) is 14.4. The summed E-state index contributed by atoms with van der Waals surface area (Å²) < 4.78 is 0.920. The number of thiol groups is 1. The van der Waals surface area contributed by atoms with Crippen molar-refractivity contribution in [2.75, 3.05) is 6.54 Å². The molecule has 0 unspecified atom stereocenters. The summed E-state index contributed by atoms with van der Waals surface area (Å²) in [5, 5.41) is 2.93. The van der Waals surface area contributed by atoms with Crippen LogP contribution in [0.4, 0.5) is 0 Å². The molecule has 0 saturated heterocycles. The van der Waals surface area contributed by atoms with Gasteiger partial charge >= 0.3 is 0 Å². The first-order chi connectivity index (χ1) is 9.66. The maximum atomic E-state index is 12.0. The normalized spacial score (nSPS) is 10.3. The van der Waals surface area contributed by atoms with Gasteiger partial charge in [-0.05, 0) is 36.6 Å². The number of hydrogen-bond acceptors (Lipinski definition) is 2. The number of amides is 1. The highest BCUT2D eigenvalue weighted by molar-refractivity contribution is 9.10. The van der Waals surface area contributed by atoms with E-state index in [1.165, 1.54) is 5.56 Å². The molecule has 0 saturated carbocycles. The summed E-state index contributed by atoms with van der Waals surface area (Å²) in [5.74, 6) is -0.0736. The van der Waals surface area contributed by atoms with Crippen molar-refractivity contribution < 1.29 is 4.79 Å². The highest BCUT2D eigenvalue weighted by Gasteiger charge is 2.08. The van der Waals surface area contributed by atoms with Crippen LogP contribution in [0.3, 0.4) is 0 Å². The molecule has 104 valence electrons. The van der Waals surface area contributed by atoms with Crippen molar-refractivity contribution in [1.82, 2.24) is 5.32 Å². The minimum atomic E-state index is -0.0736. The van der Waals surface area contributed by atoms with E-state index in [1.54, 1.807) is 6.07 Å². The van der Waals surface area contributed by atoms with Crippen molar-refractivity contribution in [3.05, 3.63) is 64.1 Å². The van der Waals surface area contributed by atoms with Gasteiger partial charge in [-0.25, -0.2) is 0 Å². The van der Waals surface area contributed by atoms with Gasteiger partial charge in [0.05, 0.1) is 5.56 Å². The van der Waals surface area contributed by atoms with Crippen molar-refractivity contribution in [2.24, 2.45) is 0 Å². The van der Waals surface area contributed by atoms with Gasteiger partial charge in [-0.15, -0.1) is 12.6 Å². The van der Waals surface area contributed by atoms with Crippen LogP contribution in [0.15, 0.2) is 57.9 Å². The molecule has 0 bridgehead atoms. The molecule has 0 aliphatic rings. The third-order valence-corrected chi connectivity index (χ3v) is 3.84. The van der Waals surface area contributed by atoms with E-state index in [9.17, 15) is 4.79 Å². The zero-order valence-electron chi connectivity index (χ0n) is 11.0. The second-order valence-electron chi connectivity index (χ2n) is 4.51. The SMILES string of the molecule is O=C(NCCCc1ccccc1)c1ccc(Br)cc1S. The number of aryl methyl sites for hydroxylation is 1. The van der Waals surface area contributed by atoms with Crippen LogP contribution in [-0.2, 0) is 6.42 Å². The Morgan fingerprint density at radius 1 is 1.15 bits per heavy atom. The molecule has 0 aliphatic heterocycles. The maximum Gasteiger partial charge on any atom is 0.252 e. The van der Waals surface area contributed by atoms with Crippen LogP contribution in [0.25, 0.3) is 0 Å². The molecule has 0 heterocycles. The van der Waals surface area contributed by atoms with Crippen molar-refractivity contribution in [3.8, 4) is 0 Å². The number of halogens is 1. The molecule has 2 rings (SSSR count). The Morgan fingerprint density at radius 3 is 2.60 bits per heavy atom. The molecule has 2 aromatic carbocycles. The summed E-state index contributed by atoms with van der Waals surface area (Å²) in [5.41, 5.74) is 1.90. The third-order valence-electron chi connectivity index (χ3n) is 2.98. The molecule has 1 N–H and O–H groups in total. The predicted molar refractivity (Wildman–Crippen MR) is 88.5 cm³/mol. The maximum absolute atomic E-state index is 12.0. The van der Waals surface area contributed by atoms with Crippen LogP contribution < -0.4 is 5.32 Å². The van der Waals surface area contributed by atoms with Gasteiger partial charge in [-0.3, -0.25) is 4.79 Å². The molecule has 0 atom stereocenters. The van der Waals surface area contributed by atoms with Crippen molar-refractivity contribution >= 4 is 34.5 Å². The summed E-state index contributed by atoms with van der Waals surface area (Å²) in [6.45, 7) is 0.664. The summed E-state index contributed by atoms with van der Waals surface area (Å²) in [6, 6.07) is 15.7. The molecule has 2 aromatic rings. The van der Waals surface area contributed by atoms with E-state index in [1.807, 2.05) is 30.3 Å². The molecule has 0 spiro atoms. The van der Waals surface area contributed by atoms with E-state index in [-0.39, 0.29) is 5.91 Å². The summed E-state index contributed by atoms with van der Waals surface area (Å²) in [7, 11) is 0. The van der Waals surface area contributed by atoms with Crippen LogP contribution in [0.5, 0.6) is 0 Å². The van der Waals surface area contributed by atoms with Crippen molar-refractivity contribution in [3.63, 3.8) is 0 Å². The number of benzene rings is 2. The van der Waals surface area contributed by atoms with Gasteiger partial charge in [0.1, 0.15) is 0 Å². The lowest BCUT2D eigenvalue weighted by molar-refractivity contribution is 0.0950. The second kappa shape index (κ2) is 7.50. The molecule has 0 radical (unpaired) electrons. The van der Waals surface area contributed by atoms with Crippen LogP contribution in [-0.4, -0.2) is 12.5 Å². The molecule has 4 heteroatoms. The van der Waals surface area contributed by atoms with Crippen LogP contribution in [0, 0.1) is 0 Å². The monoisotopic (exact) mass is 349 g/mol. The Balaban J connectivity index is 1.80. The topological polar surface area (TPSA) is 29.1 Å². The molecule has 20 heavy (non-hydrogen) atoms. The Labute approximate surface area is 133 Å². The molecule has 2 nitrogen and oxygen atoms in total. The fourth-order valence-corrected chi connectivity index (χ4v) is 2.78. The van der Waals surface area contributed by atoms with Gasteiger partial charge in [-0.1, -0.05) is 46.3 Å². The number of rotatable bonds is 5. The summed E-state index contributed by atoms with van der Waals surface area (Å²) >= 11 is 7.67. The summed E-state index contributed by atoms with van der Waals surface area (Å²) in [6.07, 6.45) is 1.89. The number of carbonyl (C=O) groups is 1. The molecule has 0 fully saturated rings. The van der Waals surface area contributed by atoms with Gasteiger partial charge in [0.25, 0.3) is 5.91 Å². The van der Waals surface area contributed by atoms with Crippen LogP contribution in [0.2, 0.25) is 0 Å². The van der Waals surface area contributed by atoms with Gasteiger partial charge < -0.3 is 5.32 Å².